The van der Waals surface area contributed by atoms with Crippen LogP contribution < -0.4 is 10.6 Å². The van der Waals surface area contributed by atoms with E-state index in [9.17, 15) is 10.1 Å². The van der Waals surface area contributed by atoms with E-state index in [1.54, 1.807) is 12.1 Å². The van der Waals surface area contributed by atoms with Gasteiger partial charge in [0.25, 0.3) is 0 Å². The van der Waals surface area contributed by atoms with Crippen LogP contribution in [0.2, 0.25) is 0 Å². The number of piperidine rings is 1. The van der Waals surface area contributed by atoms with Gasteiger partial charge in [-0.1, -0.05) is 6.07 Å². The fourth-order valence-corrected chi connectivity index (χ4v) is 2.24. The second-order valence-electron chi connectivity index (χ2n) is 4.32. The van der Waals surface area contributed by atoms with E-state index in [4.69, 9.17) is 12.3 Å². The Morgan fingerprint density at radius 3 is 2.67 bits per heavy atom. The van der Waals surface area contributed by atoms with E-state index in [0.717, 1.165) is 12.8 Å². The van der Waals surface area contributed by atoms with Gasteiger partial charge in [-0.3, -0.25) is 10.1 Å². The predicted molar refractivity (Wildman–Crippen MR) is 69.3 cm³/mol. The van der Waals surface area contributed by atoms with Crippen LogP contribution in [0.1, 0.15) is 12.8 Å². The van der Waals surface area contributed by atoms with Gasteiger partial charge in [0, 0.05) is 25.9 Å². The molecule has 1 aromatic carbocycles. The van der Waals surface area contributed by atoms with Crippen molar-refractivity contribution in [2.45, 2.75) is 18.9 Å². The van der Waals surface area contributed by atoms with E-state index >= 15 is 0 Å². The molecular formula is C12H14N4O2. The highest BCUT2D eigenvalue weighted by atomic mass is 16.6. The van der Waals surface area contributed by atoms with Crippen molar-refractivity contribution in [2.24, 2.45) is 0 Å². The second kappa shape index (κ2) is 4.92. The molecule has 1 aromatic rings. The van der Waals surface area contributed by atoms with E-state index in [2.05, 4.69) is 4.85 Å². The summed E-state index contributed by atoms with van der Waals surface area (Å²) in [6.07, 6.45) is 1.49. The highest BCUT2D eigenvalue weighted by Crippen LogP contribution is 2.35. The number of nitrogen functional groups attached to an aromatic ring is 1. The Kier molecular flexibility index (Phi) is 3.33. The molecule has 18 heavy (non-hydrogen) atoms. The van der Waals surface area contributed by atoms with Crippen molar-refractivity contribution in [3.05, 3.63) is 39.7 Å². The van der Waals surface area contributed by atoms with Crippen molar-refractivity contribution in [3.8, 4) is 0 Å². The third kappa shape index (κ3) is 2.20. The van der Waals surface area contributed by atoms with Crippen LogP contribution >= 0.6 is 0 Å². The van der Waals surface area contributed by atoms with Crippen LogP contribution in [-0.2, 0) is 0 Å². The maximum absolute atomic E-state index is 11.1. The van der Waals surface area contributed by atoms with Crippen molar-refractivity contribution in [1.29, 1.82) is 0 Å². The first-order valence-corrected chi connectivity index (χ1v) is 5.78. The Bertz CT molecular complexity index is 501. The summed E-state index contributed by atoms with van der Waals surface area (Å²) in [7, 11) is 0. The van der Waals surface area contributed by atoms with E-state index in [0.29, 0.717) is 18.8 Å². The zero-order valence-corrected chi connectivity index (χ0v) is 9.87. The summed E-state index contributed by atoms with van der Waals surface area (Å²) in [4.78, 5) is 16.1. The van der Waals surface area contributed by atoms with Crippen molar-refractivity contribution in [3.63, 3.8) is 0 Å². The molecule has 6 nitrogen and oxygen atoms in total. The summed E-state index contributed by atoms with van der Waals surface area (Å²) in [5, 5.41) is 11.1. The van der Waals surface area contributed by atoms with Crippen LogP contribution in [0.4, 0.5) is 17.1 Å². The molecule has 0 saturated carbocycles. The quantitative estimate of drug-likeness (QED) is 0.375. The number of para-hydroxylation sites is 1. The van der Waals surface area contributed by atoms with E-state index in [-0.39, 0.29) is 17.4 Å². The van der Waals surface area contributed by atoms with Gasteiger partial charge in [0.2, 0.25) is 6.04 Å². The van der Waals surface area contributed by atoms with Gasteiger partial charge < -0.3 is 15.5 Å². The molecule has 0 bridgehead atoms. The smallest absolute Gasteiger partial charge is 0.315 e. The molecule has 0 unspecified atom stereocenters. The first-order valence-electron chi connectivity index (χ1n) is 5.78. The first kappa shape index (κ1) is 12.2. The number of anilines is 2. The van der Waals surface area contributed by atoms with Gasteiger partial charge in [-0.15, -0.1) is 0 Å². The Labute approximate surface area is 105 Å². The first-order chi connectivity index (χ1) is 8.63. The van der Waals surface area contributed by atoms with Crippen molar-refractivity contribution in [2.75, 3.05) is 23.7 Å². The molecule has 0 aromatic heterocycles. The van der Waals surface area contributed by atoms with Gasteiger partial charge in [0.1, 0.15) is 11.4 Å². The minimum Gasteiger partial charge on any atom is -0.393 e. The molecular weight excluding hydrogens is 232 g/mol. The lowest BCUT2D eigenvalue weighted by molar-refractivity contribution is -0.383. The standard InChI is InChI=1S/C12H14N4O2/c1-14-9-5-7-15(8-6-9)11-4-2-3-10(13)12(11)16(17)18/h2-4,9H,5-8,13H2. The molecule has 94 valence electrons. The fraction of sp³-hybridized carbons (Fsp3) is 0.417. The van der Waals surface area contributed by atoms with Gasteiger partial charge in [-0.05, 0) is 12.1 Å². The minimum absolute atomic E-state index is 0.0289. The molecule has 1 fully saturated rings. The van der Waals surface area contributed by atoms with Crippen LogP contribution in [0.3, 0.4) is 0 Å². The van der Waals surface area contributed by atoms with Crippen LogP contribution in [0.5, 0.6) is 0 Å². The zero-order chi connectivity index (χ0) is 13.1. The number of benzene rings is 1. The van der Waals surface area contributed by atoms with Crippen LogP contribution in [0.25, 0.3) is 4.85 Å². The highest BCUT2D eigenvalue weighted by Gasteiger charge is 2.28. The van der Waals surface area contributed by atoms with Crippen LogP contribution in [-0.4, -0.2) is 24.1 Å². The summed E-state index contributed by atoms with van der Waals surface area (Å²) in [5.74, 6) is 0. The molecule has 0 atom stereocenters. The average molecular weight is 246 g/mol. The molecule has 6 heteroatoms. The Morgan fingerprint density at radius 1 is 1.44 bits per heavy atom. The Balaban J connectivity index is 2.27. The van der Waals surface area contributed by atoms with Gasteiger partial charge in [-0.2, -0.15) is 0 Å². The summed E-state index contributed by atoms with van der Waals surface area (Å²) in [6.45, 7) is 8.32. The molecule has 1 aliphatic rings. The van der Waals surface area contributed by atoms with E-state index in [1.807, 2.05) is 4.90 Å². The largest absolute Gasteiger partial charge is 0.393 e. The lowest BCUT2D eigenvalue weighted by Crippen LogP contribution is -2.35. The summed E-state index contributed by atoms with van der Waals surface area (Å²) >= 11 is 0. The molecule has 0 aliphatic carbocycles. The number of nitro groups is 1. The predicted octanol–water partition coefficient (Wildman–Crippen LogP) is 2.07. The van der Waals surface area contributed by atoms with E-state index < -0.39 is 4.92 Å². The number of nitrogens with two attached hydrogens (primary N) is 1. The number of nitrogens with zero attached hydrogens (tertiary/aromatic N) is 3. The van der Waals surface area contributed by atoms with Gasteiger partial charge in [-0.25, -0.2) is 6.57 Å². The Morgan fingerprint density at radius 2 is 2.11 bits per heavy atom. The summed E-state index contributed by atoms with van der Waals surface area (Å²) < 4.78 is 0. The van der Waals surface area contributed by atoms with Crippen LogP contribution in [0.15, 0.2) is 18.2 Å². The average Bonchev–Trinajstić information content (AvgIpc) is 2.38. The molecule has 2 N–H and O–H groups in total. The molecule has 2 rings (SSSR count). The lowest BCUT2D eigenvalue weighted by Gasteiger charge is -2.29. The fourth-order valence-electron chi connectivity index (χ4n) is 2.24. The number of rotatable bonds is 2. The highest BCUT2D eigenvalue weighted by molar-refractivity contribution is 5.75. The van der Waals surface area contributed by atoms with Crippen molar-refractivity contribution >= 4 is 17.1 Å². The van der Waals surface area contributed by atoms with Gasteiger partial charge >= 0.3 is 5.69 Å². The zero-order valence-electron chi connectivity index (χ0n) is 9.87. The monoisotopic (exact) mass is 246 g/mol. The third-order valence-corrected chi connectivity index (χ3v) is 3.22. The minimum atomic E-state index is -0.439. The maximum atomic E-state index is 11.1. The molecule has 0 spiro atoms. The molecule has 0 radical (unpaired) electrons. The van der Waals surface area contributed by atoms with Gasteiger partial charge in [0.05, 0.1) is 4.92 Å². The molecule has 1 saturated heterocycles. The Hall–Kier alpha value is -2.29. The van der Waals surface area contributed by atoms with Gasteiger partial charge in [0.15, 0.2) is 0 Å². The second-order valence-corrected chi connectivity index (χ2v) is 4.32. The number of hydrogen-bond donors (Lipinski definition) is 1. The summed E-state index contributed by atoms with van der Waals surface area (Å²) in [6, 6.07) is 5.01. The number of hydrogen-bond acceptors (Lipinski definition) is 4. The van der Waals surface area contributed by atoms with Crippen molar-refractivity contribution in [1.82, 2.24) is 0 Å². The lowest BCUT2D eigenvalue weighted by atomic mass is 10.0. The molecule has 0 amide bonds. The molecule has 1 heterocycles. The third-order valence-electron chi connectivity index (χ3n) is 3.22. The molecule has 1 aliphatic heterocycles. The summed E-state index contributed by atoms with van der Waals surface area (Å²) in [5.41, 5.74) is 6.38. The maximum Gasteiger partial charge on any atom is 0.315 e. The van der Waals surface area contributed by atoms with Crippen molar-refractivity contribution < 1.29 is 4.92 Å². The van der Waals surface area contributed by atoms with Crippen LogP contribution in [0, 0.1) is 16.7 Å². The topological polar surface area (TPSA) is 76.8 Å². The van der Waals surface area contributed by atoms with E-state index in [1.165, 1.54) is 6.07 Å². The SMILES string of the molecule is [C-]#[N+]C1CCN(c2cccc(N)c2[N+](=O)[O-])CC1. The normalized spacial score (nSPS) is 16.3. The number of nitro benzene ring substituents is 1.